The van der Waals surface area contributed by atoms with E-state index in [1.165, 1.54) is 10.8 Å². The lowest BCUT2D eigenvalue weighted by atomic mass is 9.80. The molecule has 3 rings (SSSR count). The molecule has 2 saturated heterocycles. The minimum Gasteiger partial charge on any atom is -0.394 e. The summed E-state index contributed by atoms with van der Waals surface area (Å²) in [7, 11) is 1.69. The van der Waals surface area contributed by atoms with Gasteiger partial charge in [-0.3, -0.25) is 19.2 Å². The maximum Gasteiger partial charge on any atom is 0.330 e. The first kappa shape index (κ1) is 23.1. The van der Waals surface area contributed by atoms with Crippen LogP contribution >= 0.6 is 0 Å². The molecule has 2 fully saturated rings. The molecule has 10 nitrogen and oxygen atoms in total. The minimum atomic E-state index is -1.18. The van der Waals surface area contributed by atoms with Crippen molar-refractivity contribution >= 4 is 0 Å². The lowest BCUT2D eigenvalue weighted by Gasteiger charge is -2.54. The molecule has 4 atom stereocenters. The van der Waals surface area contributed by atoms with Gasteiger partial charge >= 0.3 is 5.69 Å². The van der Waals surface area contributed by atoms with Gasteiger partial charge in [-0.25, -0.2) is 4.79 Å². The van der Waals surface area contributed by atoms with Crippen molar-refractivity contribution in [3.8, 4) is 0 Å². The van der Waals surface area contributed by atoms with Gasteiger partial charge < -0.3 is 19.7 Å². The smallest absolute Gasteiger partial charge is 0.330 e. The van der Waals surface area contributed by atoms with Gasteiger partial charge in [0.25, 0.3) is 5.56 Å². The number of hydrogen-bond donors (Lipinski definition) is 3. The summed E-state index contributed by atoms with van der Waals surface area (Å²) >= 11 is 0. The Kier molecular flexibility index (Phi) is 6.30. The number of piperidine rings is 1. The van der Waals surface area contributed by atoms with Crippen LogP contribution in [-0.2, 0) is 14.3 Å². The Bertz CT molecular complexity index is 860. The van der Waals surface area contributed by atoms with E-state index >= 15 is 0 Å². The summed E-state index contributed by atoms with van der Waals surface area (Å²) in [6.07, 6.45) is -1.24. The Hall–Kier alpha value is -1.56. The second-order valence-electron chi connectivity index (χ2n) is 9.47. The van der Waals surface area contributed by atoms with Crippen LogP contribution in [0.4, 0.5) is 0 Å². The van der Waals surface area contributed by atoms with Crippen molar-refractivity contribution in [2.45, 2.75) is 89.2 Å². The fourth-order valence-corrected chi connectivity index (χ4v) is 4.73. The average Bonchev–Trinajstić information content (AvgIpc) is 2.96. The number of ether oxygens (including phenoxy) is 2. The summed E-state index contributed by atoms with van der Waals surface area (Å²) in [4.78, 5) is 32.8. The fourth-order valence-electron chi connectivity index (χ4n) is 4.73. The molecule has 1 aromatic heterocycles. The number of aromatic nitrogens is 2. The number of aromatic amines is 1. The van der Waals surface area contributed by atoms with Gasteiger partial charge in [-0.2, -0.15) is 5.06 Å². The third-order valence-electron chi connectivity index (χ3n) is 6.03. The molecule has 3 N–H and O–H groups in total. The predicted octanol–water partition coefficient (Wildman–Crippen LogP) is 0.0638. The van der Waals surface area contributed by atoms with Crippen LogP contribution in [0.3, 0.4) is 0 Å². The summed E-state index contributed by atoms with van der Waals surface area (Å²) in [6, 6.07) is 0. The van der Waals surface area contributed by atoms with Gasteiger partial charge in [0.2, 0.25) is 0 Å². The zero-order valence-electron chi connectivity index (χ0n) is 18.4. The topological polar surface area (TPSA) is 126 Å². The van der Waals surface area contributed by atoms with E-state index in [4.69, 9.17) is 14.3 Å². The monoisotopic (exact) mass is 427 g/mol. The zero-order valence-corrected chi connectivity index (χ0v) is 18.4. The van der Waals surface area contributed by atoms with E-state index in [1.54, 1.807) is 14.0 Å². The Balaban J connectivity index is 1.98. The maximum absolute atomic E-state index is 12.5. The highest BCUT2D eigenvalue weighted by Crippen LogP contribution is 2.42. The van der Waals surface area contributed by atoms with Crippen LogP contribution in [0.2, 0.25) is 0 Å². The zero-order chi connectivity index (χ0) is 22.4. The van der Waals surface area contributed by atoms with E-state index in [2.05, 4.69) is 4.98 Å². The number of hydroxylamine groups is 2. The third kappa shape index (κ3) is 4.12. The second-order valence-corrected chi connectivity index (χ2v) is 9.47. The maximum atomic E-state index is 12.5. The van der Waals surface area contributed by atoms with Gasteiger partial charge in [-0.15, -0.1) is 0 Å². The normalized spacial score (nSPS) is 31.9. The molecule has 2 aliphatic heterocycles. The Labute approximate surface area is 175 Å². The first-order valence-electron chi connectivity index (χ1n) is 10.2. The molecule has 0 spiro atoms. The molecule has 0 amide bonds. The highest BCUT2D eigenvalue weighted by Gasteiger charge is 2.53. The Morgan fingerprint density at radius 3 is 2.37 bits per heavy atom. The lowest BCUT2D eigenvalue weighted by Crippen LogP contribution is -2.63. The number of rotatable bonds is 5. The molecule has 0 saturated carbocycles. The van der Waals surface area contributed by atoms with Crippen LogP contribution in [0.15, 0.2) is 15.8 Å². The summed E-state index contributed by atoms with van der Waals surface area (Å²) in [5.41, 5.74) is -1.71. The molecule has 10 heteroatoms. The molecule has 0 aromatic carbocycles. The van der Waals surface area contributed by atoms with Crippen molar-refractivity contribution in [3.05, 3.63) is 32.6 Å². The SMILES string of the molecule is COC1CC(C)(C)N(OC2C(O)[C@H](CO)O[C@@H]2n2cc(C)c(=O)[nH]c2=O)C(C)(C)C1. The quantitative estimate of drug-likeness (QED) is 0.602. The summed E-state index contributed by atoms with van der Waals surface area (Å²) in [5.74, 6) is 0. The van der Waals surface area contributed by atoms with Crippen LogP contribution in [-0.4, -0.2) is 74.0 Å². The molecule has 30 heavy (non-hydrogen) atoms. The van der Waals surface area contributed by atoms with Gasteiger partial charge in [0, 0.05) is 29.9 Å². The molecule has 0 aliphatic carbocycles. The van der Waals surface area contributed by atoms with E-state index in [9.17, 15) is 19.8 Å². The van der Waals surface area contributed by atoms with Crippen LogP contribution < -0.4 is 11.2 Å². The number of H-pyrrole nitrogens is 1. The number of nitrogens with one attached hydrogen (secondary N) is 1. The minimum absolute atomic E-state index is 0.0602. The van der Waals surface area contributed by atoms with Crippen LogP contribution in [0.5, 0.6) is 0 Å². The molecular formula is C20H33N3O7. The van der Waals surface area contributed by atoms with Gasteiger partial charge in [-0.1, -0.05) is 0 Å². The van der Waals surface area contributed by atoms with Crippen molar-refractivity contribution < 1.29 is 24.5 Å². The fraction of sp³-hybridized carbons (Fsp3) is 0.800. The average molecular weight is 427 g/mol. The molecule has 2 aliphatic rings. The summed E-state index contributed by atoms with van der Waals surface area (Å²) < 4.78 is 12.6. The van der Waals surface area contributed by atoms with Crippen molar-refractivity contribution in [2.75, 3.05) is 13.7 Å². The largest absolute Gasteiger partial charge is 0.394 e. The van der Waals surface area contributed by atoms with Gasteiger partial charge in [-0.05, 0) is 47.5 Å². The molecule has 0 bridgehead atoms. The second kappa shape index (κ2) is 8.18. The van der Waals surface area contributed by atoms with Gasteiger partial charge in [0.05, 0.1) is 12.7 Å². The number of nitrogens with zero attached hydrogens (tertiary/aromatic N) is 2. The Morgan fingerprint density at radius 2 is 1.83 bits per heavy atom. The molecule has 170 valence electrons. The third-order valence-corrected chi connectivity index (χ3v) is 6.03. The van der Waals surface area contributed by atoms with Gasteiger partial charge in [0.1, 0.15) is 12.2 Å². The first-order chi connectivity index (χ1) is 13.9. The van der Waals surface area contributed by atoms with E-state index in [0.717, 1.165) is 0 Å². The molecule has 1 aromatic rings. The van der Waals surface area contributed by atoms with Crippen LogP contribution in [0.1, 0.15) is 52.3 Å². The number of aliphatic hydroxyl groups excluding tert-OH is 2. The highest BCUT2D eigenvalue weighted by molar-refractivity contribution is 5.04. The van der Waals surface area contributed by atoms with Crippen molar-refractivity contribution in [2.24, 2.45) is 0 Å². The Morgan fingerprint density at radius 1 is 1.23 bits per heavy atom. The molecule has 2 unspecified atom stereocenters. The summed E-state index contributed by atoms with van der Waals surface area (Å²) in [6.45, 7) is 9.23. The molecular weight excluding hydrogens is 394 g/mol. The molecule has 0 radical (unpaired) electrons. The van der Waals surface area contributed by atoms with Crippen molar-refractivity contribution in [1.82, 2.24) is 14.6 Å². The van der Waals surface area contributed by atoms with E-state index in [0.29, 0.717) is 18.4 Å². The van der Waals surface area contributed by atoms with E-state index in [-0.39, 0.29) is 6.10 Å². The first-order valence-corrected chi connectivity index (χ1v) is 10.2. The van der Waals surface area contributed by atoms with Crippen molar-refractivity contribution in [1.29, 1.82) is 0 Å². The van der Waals surface area contributed by atoms with Crippen LogP contribution in [0, 0.1) is 6.92 Å². The number of aliphatic hydroxyl groups is 2. The van der Waals surface area contributed by atoms with Gasteiger partial charge in [0.15, 0.2) is 12.3 Å². The predicted molar refractivity (Wildman–Crippen MR) is 108 cm³/mol. The van der Waals surface area contributed by atoms with Crippen LogP contribution in [0.25, 0.3) is 0 Å². The standard InChI is InChI=1S/C20H33N3O7/c1-11-9-22(18(27)21-16(11)26)17-15(14(25)13(10-24)29-17)30-23-19(2,3)7-12(28-6)8-20(23,4)5/h9,12-15,17,24-25H,7-8,10H2,1-6H3,(H,21,26,27)/t13-,14?,15?,17-/m0/s1. The highest BCUT2D eigenvalue weighted by atomic mass is 16.7. The molecule has 3 heterocycles. The van der Waals surface area contributed by atoms with E-state index in [1.807, 2.05) is 32.8 Å². The van der Waals surface area contributed by atoms with Crippen molar-refractivity contribution in [3.63, 3.8) is 0 Å². The number of aryl methyl sites for hydroxylation is 1. The lowest BCUT2D eigenvalue weighted by molar-refractivity contribution is -0.331. The number of hydrogen-bond acceptors (Lipinski definition) is 8. The van der Waals surface area contributed by atoms with E-state index < -0.39 is 53.5 Å². The summed E-state index contributed by atoms with van der Waals surface area (Å²) in [5, 5.41) is 22.3. The number of methoxy groups -OCH3 is 1.